The SMILES string of the molecule is CCCO[Si](OCCC)(OCCC)C(CC)OC(CC)OC1(CC)OCC(C)O1. The third-order valence-electron chi connectivity index (χ3n) is 4.60. The Morgan fingerprint density at radius 2 is 1.45 bits per heavy atom. The topological polar surface area (TPSA) is 64.6 Å². The average Bonchev–Trinajstić information content (AvgIpc) is 3.12. The van der Waals surface area contributed by atoms with Crippen LogP contribution in [0, 0.1) is 0 Å². The second-order valence-electron chi connectivity index (χ2n) is 7.41. The van der Waals surface area contributed by atoms with Gasteiger partial charge in [0.25, 0.3) is 5.97 Å². The molecule has 7 nitrogen and oxygen atoms in total. The summed E-state index contributed by atoms with van der Waals surface area (Å²) in [6, 6.07) is 0. The molecule has 1 aliphatic rings. The Balaban J connectivity index is 2.99. The average molecular weight is 437 g/mol. The lowest BCUT2D eigenvalue weighted by atomic mass is 10.4. The maximum atomic E-state index is 6.43. The second kappa shape index (κ2) is 14.1. The minimum atomic E-state index is -3.05. The maximum Gasteiger partial charge on any atom is 0.531 e. The van der Waals surface area contributed by atoms with Crippen molar-refractivity contribution in [2.45, 2.75) is 111 Å². The minimum absolute atomic E-state index is 0.00319. The van der Waals surface area contributed by atoms with E-state index in [0.29, 0.717) is 45.7 Å². The summed E-state index contributed by atoms with van der Waals surface area (Å²) >= 11 is 0. The summed E-state index contributed by atoms with van der Waals surface area (Å²) in [6.45, 7) is 16.6. The summed E-state index contributed by atoms with van der Waals surface area (Å²) < 4.78 is 43.2. The van der Waals surface area contributed by atoms with Gasteiger partial charge in [0.1, 0.15) is 5.73 Å². The molecule has 1 saturated heterocycles. The first-order chi connectivity index (χ1) is 13.9. The fraction of sp³-hybridized carbons (Fsp3) is 1.00. The molecule has 174 valence electrons. The highest BCUT2D eigenvalue weighted by Crippen LogP contribution is 2.32. The summed E-state index contributed by atoms with van der Waals surface area (Å²) in [5, 5.41) is 0. The van der Waals surface area contributed by atoms with Gasteiger partial charge in [-0.2, -0.15) is 0 Å². The Labute approximate surface area is 179 Å². The summed E-state index contributed by atoms with van der Waals surface area (Å²) in [7, 11) is -3.05. The zero-order valence-corrected chi connectivity index (χ0v) is 20.7. The zero-order valence-electron chi connectivity index (χ0n) is 19.7. The molecule has 0 aromatic carbocycles. The molecule has 0 aromatic heterocycles. The first kappa shape index (κ1) is 27.0. The molecule has 0 saturated carbocycles. The van der Waals surface area contributed by atoms with Crippen LogP contribution >= 0.6 is 0 Å². The van der Waals surface area contributed by atoms with Crippen molar-refractivity contribution in [3.8, 4) is 0 Å². The van der Waals surface area contributed by atoms with Crippen molar-refractivity contribution < 1.29 is 32.2 Å². The highest BCUT2D eigenvalue weighted by molar-refractivity contribution is 6.62. The molecule has 8 heteroatoms. The molecule has 1 aliphatic heterocycles. The molecule has 0 bridgehead atoms. The normalized spacial score (nSPS) is 24.7. The molecule has 0 amide bonds. The van der Waals surface area contributed by atoms with E-state index in [1.807, 2.05) is 20.8 Å². The Morgan fingerprint density at radius 1 is 0.897 bits per heavy atom. The van der Waals surface area contributed by atoms with Gasteiger partial charge in [0.15, 0.2) is 6.29 Å². The third kappa shape index (κ3) is 8.18. The lowest BCUT2D eigenvalue weighted by molar-refractivity contribution is -0.389. The predicted molar refractivity (Wildman–Crippen MR) is 114 cm³/mol. The van der Waals surface area contributed by atoms with Gasteiger partial charge >= 0.3 is 8.80 Å². The fourth-order valence-electron chi connectivity index (χ4n) is 3.11. The zero-order chi connectivity index (χ0) is 21.8. The van der Waals surface area contributed by atoms with E-state index < -0.39 is 21.1 Å². The molecule has 4 atom stereocenters. The standard InChI is InChI=1S/C21H44O7Si/c1-8-14-23-29(24-15-9-2,25-16-10-3)20(12-5)26-19(11-4)28-21(13-6)22-17-18(7)27-21/h18-20H,8-17H2,1-7H3. The van der Waals surface area contributed by atoms with Gasteiger partial charge < -0.3 is 27.5 Å². The van der Waals surface area contributed by atoms with Crippen LogP contribution in [0.1, 0.15) is 87.0 Å². The van der Waals surface area contributed by atoms with Gasteiger partial charge in [0.2, 0.25) is 0 Å². The lowest BCUT2D eigenvalue weighted by Crippen LogP contribution is -2.59. The first-order valence-electron chi connectivity index (χ1n) is 11.5. The van der Waals surface area contributed by atoms with Crippen LogP contribution in [0.15, 0.2) is 0 Å². The molecule has 0 N–H and O–H groups in total. The molecule has 1 fully saturated rings. The smallest absolute Gasteiger partial charge is 0.372 e. The Kier molecular flexibility index (Phi) is 13.1. The van der Waals surface area contributed by atoms with E-state index >= 15 is 0 Å². The molecule has 1 rings (SSSR count). The van der Waals surface area contributed by atoms with E-state index in [0.717, 1.165) is 19.3 Å². The maximum absolute atomic E-state index is 6.43. The summed E-state index contributed by atoms with van der Waals surface area (Å²) in [5.41, 5.74) is -0.315. The van der Waals surface area contributed by atoms with Crippen molar-refractivity contribution in [2.75, 3.05) is 26.4 Å². The Hall–Kier alpha value is -0.0631. The first-order valence-corrected chi connectivity index (χ1v) is 13.3. The molecule has 1 heterocycles. The van der Waals surface area contributed by atoms with Crippen molar-refractivity contribution in [1.29, 1.82) is 0 Å². The highest BCUT2D eigenvalue weighted by atomic mass is 28.4. The van der Waals surface area contributed by atoms with E-state index in [1.54, 1.807) is 0 Å². The Bertz CT molecular complexity index is 404. The van der Waals surface area contributed by atoms with Crippen molar-refractivity contribution in [3.05, 3.63) is 0 Å². The van der Waals surface area contributed by atoms with Gasteiger partial charge in [-0.05, 0) is 39.0 Å². The van der Waals surface area contributed by atoms with Crippen LogP contribution in [0.3, 0.4) is 0 Å². The predicted octanol–water partition coefficient (Wildman–Crippen LogP) is 4.79. The monoisotopic (exact) mass is 436 g/mol. The minimum Gasteiger partial charge on any atom is -0.372 e. The molecule has 0 spiro atoms. The van der Waals surface area contributed by atoms with Crippen LogP contribution < -0.4 is 0 Å². The number of rotatable bonds is 17. The van der Waals surface area contributed by atoms with Crippen LogP contribution in [-0.2, 0) is 32.2 Å². The number of hydrogen-bond donors (Lipinski definition) is 0. The molecule has 0 aromatic rings. The van der Waals surface area contributed by atoms with Crippen molar-refractivity contribution in [1.82, 2.24) is 0 Å². The van der Waals surface area contributed by atoms with E-state index in [4.69, 9.17) is 32.2 Å². The largest absolute Gasteiger partial charge is 0.531 e. The van der Waals surface area contributed by atoms with Crippen molar-refractivity contribution >= 4 is 8.80 Å². The van der Waals surface area contributed by atoms with Crippen LogP contribution in [-0.4, -0.2) is 59.3 Å². The molecule has 0 radical (unpaired) electrons. The van der Waals surface area contributed by atoms with E-state index in [9.17, 15) is 0 Å². The number of ether oxygens (including phenoxy) is 4. The van der Waals surface area contributed by atoms with Crippen LogP contribution in [0.5, 0.6) is 0 Å². The summed E-state index contributed by atoms with van der Waals surface area (Å²) in [6.07, 6.45) is 4.11. The summed E-state index contributed by atoms with van der Waals surface area (Å²) in [5.74, 6) is -1.05. The quantitative estimate of drug-likeness (QED) is 0.240. The summed E-state index contributed by atoms with van der Waals surface area (Å²) in [4.78, 5) is 0. The second-order valence-corrected chi connectivity index (χ2v) is 10.1. The van der Waals surface area contributed by atoms with Gasteiger partial charge in [-0.3, -0.25) is 4.74 Å². The van der Waals surface area contributed by atoms with E-state index in [1.165, 1.54) is 0 Å². The highest BCUT2D eigenvalue weighted by Gasteiger charge is 2.52. The molecule has 4 unspecified atom stereocenters. The van der Waals surface area contributed by atoms with Crippen LogP contribution in [0.2, 0.25) is 0 Å². The van der Waals surface area contributed by atoms with E-state index in [2.05, 4.69) is 27.7 Å². The molecule has 0 aliphatic carbocycles. The fourth-order valence-corrected chi connectivity index (χ4v) is 6.20. The van der Waals surface area contributed by atoms with Crippen LogP contribution in [0.25, 0.3) is 0 Å². The van der Waals surface area contributed by atoms with Gasteiger partial charge in [0, 0.05) is 26.2 Å². The van der Waals surface area contributed by atoms with Crippen molar-refractivity contribution in [2.24, 2.45) is 0 Å². The van der Waals surface area contributed by atoms with Gasteiger partial charge in [-0.1, -0.05) is 41.5 Å². The molecule has 29 heavy (non-hydrogen) atoms. The van der Waals surface area contributed by atoms with E-state index in [-0.39, 0.29) is 11.8 Å². The van der Waals surface area contributed by atoms with Crippen LogP contribution in [0.4, 0.5) is 0 Å². The van der Waals surface area contributed by atoms with Crippen molar-refractivity contribution in [3.63, 3.8) is 0 Å². The molecular weight excluding hydrogens is 392 g/mol. The third-order valence-corrected chi connectivity index (χ3v) is 7.75. The van der Waals surface area contributed by atoms with Gasteiger partial charge in [0.05, 0.1) is 12.7 Å². The number of hydrogen-bond acceptors (Lipinski definition) is 7. The van der Waals surface area contributed by atoms with Gasteiger partial charge in [-0.15, -0.1) is 0 Å². The lowest BCUT2D eigenvalue weighted by Gasteiger charge is -2.38. The van der Waals surface area contributed by atoms with Gasteiger partial charge in [-0.25, -0.2) is 0 Å². The Morgan fingerprint density at radius 3 is 1.79 bits per heavy atom. The molecular formula is C21H44O7Si.